The Balaban J connectivity index is 2.76. The van der Waals surface area contributed by atoms with Crippen LogP contribution in [0.15, 0.2) is 0 Å². The SMILES string of the molecule is CCC(C(=O)O)N(C)C(=O)C1(C)CCCN1. The zero-order valence-electron chi connectivity index (χ0n) is 10.1. The normalized spacial score (nSPS) is 26.4. The summed E-state index contributed by atoms with van der Waals surface area (Å²) in [6.07, 6.45) is 2.15. The van der Waals surface area contributed by atoms with E-state index in [1.807, 2.05) is 6.92 Å². The van der Waals surface area contributed by atoms with E-state index in [-0.39, 0.29) is 5.91 Å². The molecule has 0 bridgehead atoms. The topological polar surface area (TPSA) is 69.6 Å². The summed E-state index contributed by atoms with van der Waals surface area (Å²) in [6.45, 7) is 4.43. The third-order valence-corrected chi connectivity index (χ3v) is 3.30. The van der Waals surface area contributed by atoms with Gasteiger partial charge in [-0.1, -0.05) is 6.92 Å². The number of hydrogen-bond acceptors (Lipinski definition) is 3. The largest absolute Gasteiger partial charge is 0.480 e. The molecule has 0 aliphatic carbocycles. The second-order valence-electron chi connectivity index (χ2n) is 4.54. The highest BCUT2D eigenvalue weighted by molar-refractivity contribution is 5.89. The number of carboxylic acid groups (broad SMARTS) is 1. The maximum Gasteiger partial charge on any atom is 0.326 e. The summed E-state index contributed by atoms with van der Waals surface area (Å²) in [4.78, 5) is 24.5. The zero-order valence-corrected chi connectivity index (χ0v) is 10.1. The number of carboxylic acids is 1. The van der Waals surface area contributed by atoms with E-state index in [0.29, 0.717) is 6.42 Å². The fourth-order valence-electron chi connectivity index (χ4n) is 2.22. The highest BCUT2D eigenvalue weighted by atomic mass is 16.4. The van der Waals surface area contributed by atoms with Gasteiger partial charge in [-0.05, 0) is 32.7 Å². The van der Waals surface area contributed by atoms with Crippen LogP contribution in [-0.4, -0.2) is 47.1 Å². The third kappa shape index (κ3) is 2.35. The molecule has 16 heavy (non-hydrogen) atoms. The highest BCUT2D eigenvalue weighted by Crippen LogP contribution is 2.22. The lowest BCUT2D eigenvalue weighted by molar-refractivity contribution is -0.151. The molecule has 0 saturated carbocycles. The van der Waals surface area contributed by atoms with Gasteiger partial charge in [-0.3, -0.25) is 4.79 Å². The van der Waals surface area contributed by atoms with Gasteiger partial charge in [0.05, 0.1) is 5.54 Å². The molecule has 5 nitrogen and oxygen atoms in total. The second-order valence-corrected chi connectivity index (χ2v) is 4.54. The van der Waals surface area contributed by atoms with Crippen LogP contribution in [0, 0.1) is 0 Å². The zero-order chi connectivity index (χ0) is 12.3. The minimum Gasteiger partial charge on any atom is -0.480 e. The number of carbonyl (C=O) groups is 2. The van der Waals surface area contributed by atoms with E-state index in [1.54, 1.807) is 14.0 Å². The molecule has 1 amide bonds. The second kappa shape index (κ2) is 4.82. The summed E-state index contributed by atoms with van der Waals surface area (Å²) in [6, 6.07) is -0.730. The number of nitrogens with one attached hydrogen (secondary N) is 1. The minimum absolute atomic E-state index is 0.126. The van der Waals surface area contributed by atoms with Gasteiger partial charge < -0.3 is 15.3 Å². The van der Waals surface area contributed by atoms with E-state index in [9.17, 15) is 9.59 Å². The Morgan fingerprint density at radius 3 is 2.56 bits per heavy atom. The lowest BCUT2D eigenvalue weighted by Crippen LogP contribution is -2.55. The molecule has 0 aromatic rings. The van der Waals surface area contributed by atoms with Crippen LogP contribution in [0.1, 0.15) is 33.1 Å². The van der Waals surface area contributed by atoms with Crippen LogP contribution in [-0.2, 0) is 9.59 Å². The van der Waals surface area contributed by atoms with Crippen LogP contribution in [0.2, 0.25) is 0 Å². The molecule has 0 aromatic heterocycles. The monoisotopic (exact) mass is 228 g/mol. The van der Waals surface area contributed by atoms with Gasteiger partial charge in [0, 0.05) is 7.05 Å². The highest BCUT2D eigenvalue weighted by Gasteiger charge is 2.40. The Morgan fingerprint density at radius 1 is 1.56 bits per heavy atom. The molecule has 92 valence electrons. The van der Waals surface area contributed by atoms with Gasteiger partial charge >= 0.3 is 5.97 Å². The molecule has 1 saturated heterocycles. The predicted molar refractivity (Wildman–Crippen MR) is 60.1 cm³/mol. The first-order valence-corrected chi connectivity index (χ1v) is 5.67. The molecule has 1 heterocycles. The first-order chi connectivity index (χ1) is 7.42. The molecular formula is C11H20N2O3. The van der Waals surface area contributed by atoms with E-state index < -0.39 is 17.6 Å². The number of aliphatic carboxylic acids is 1. The van der Waals surface area contributed by atoms with Crippen molar-refractivity contribution in [2.24, 2.45) is 0 Å². The van der Waals surface area contributed by atoms with E-state index in [0.717, 1.165) is 19.4 Å². The van der Waals surface area contributed by atoms with Gasteiger partial charge in [-0.25, -0.2) is 4.79 Å². The molecule has 1 aliphatic rings. The van der Waals surface area contributed by atoms with Crippen molar-refractivity contribution in [1.82, 2.24) is 10.2 Å². The Bertz CT molecular complexity index is 285. The lowest BCUT2D eigenvalue weighted by Gasteiger charge is -2.32. The van der Waals surface area contributed by atoms with Crippen LogP contribution in [0.3, 0.4) is 0 Å². The Hall–Kier alpha value is -1.10. The molecule has 1 fully saturated rings. The molecule has 2 atom stereocenters. The number of amides is 1. The summed E-state index contributed by atoms with van der Waals surface area (Å²) in [5.41, 5.74) is -0.586. The molecule has 0 aromatic carbocycles. The van der Waals surface area contributed by atoms with Gasteiger partial charge in [0.2, 0.25) is 5.91 Å². The first-order valence-electron chi connectivity index (χ1n) is 5.67. The number of carbonyl (C=O) groups excluding carboxylic acids is 1. The van der Waals surface area contributed by atoms with Crippen molar-refractivity contribution in [1.29, 1.82) is 0 Å². The van der Waals surface area contributed by atoms with Crippen LogP contribution < -0.4 is 5.32 Å². The smallest absolute Gasteiger partial charge is 0.326 e. The standard InChI is InChI=1S/C11H20N2O3/c1-4-8(9(14)15)13(3)10(16)11(2)6-5-7-12-11/h8,12H,4-7H2,1-3H3,(H,14,15). The van der Waals surface area contributed by atoms with E-state index >= 15 is 0 Å². The lowest BCUT2D eigenvalue weighted by atomic mass is 9.97. The van der Waals surface area contributed by atoms with E-state index in [4.69, 9.17) is 5.11 Å². The molecular weight excluding hydrogens is 208 g/mol. The van der Waals surface area contributed by atoms with Gasteiger partial charge in [-0.15, -0.1) is 0 Å². The van der Waals surface area contributed by atoms with Crippen molar-refractivity contribution in [2.45, 2.75) is 44.7 Å². The van der Waals surface area contributed by atoms with Crippen molar-refractivity contribution in [2.75, 3.05) is 13.6 Å². The van der Waals surface area contributed by atoms with Crippen LogP contribution >= 0.6 is 0 Å². The van der Waals surface area contributed by atoms with Crippen molar-refractivity contribution in [3.63, 3.8) is 0 Å². The number of hydrogen-bond donors (Lipinski definition) is 2. The van der Waals surface area contributed by atoms with E-state index in [2.05, 4.69) is 5.32 Å². The van der Waals surface area contributed by atoms with Crippen molar-refractivity contribution < 1.29 is 14.7 Å². The summed E-state index contributed by atoms with van der Waals surface area (Å²) in [7, 11) is 1.57. The Morgan fingerprint density at radius 2 is 2.19 bits per heavy atom. The number of likely N-dealkylation sites (N-methyl/N-ethyl adjacent to an activating group) is 1. The molecule has 0 radical (unpaired) electrons. The quantitative estimate of drug-likeness (QED) is 0.733. The predicted octanol–water partition coefficient (Wildman–Crippen LogP) is 0.450. The van der Waals surface area contributed by atoms with Crippen LogP contribution in [0.4, 0.5) is 0 Å². The summed E-state index contributed by atoms with van der Waals surface area (Å²) >= 11 is 0. The van der Waals surface area contributed by atoms with Crippen LogP contribution in [0.25, 0.3) is 0 Å². The average Bonchev–Trinajstić information content (AvgIpc) is 2.65. The maximum atomic E-state index is 12.2. The summed E-state index contributed by atoms with van der Waals surface area (Å²) in [5.74, 6) is -1.07. The minimum atomic E-state index is -0.944. The third-order valence-electron chi connectivity index (χ3n) is 3.30. The van der Waals surface area contributed by atoms with Crippen molar-refractivity contribution >= 4 is 11.9 Å². The van der Waals surface area contributed by atoms with Gasteiger partial charge in [0.25, 0.3) is 0 Å². The molecule has 1 aliphatic heterocycles. The van der Waals surface area contributed by atoms with Crippen LogP contribution in [0.5, 0.6) is 0 Å². The fourth-order valence-corrected chi connectivity index (χ4v) is 2.22. The summed E-state index contributed by atoms with van der Waals surface area (Å²) < 4.78 is 0. The maximum absolute atomic E-state index is 12.2. The Kier molecular flexibility index (Phi) is 3.91. The average molecular weight is 228 g/mol. The molecule has 1 rings (SSSR count). The van der Waals surface area contributed by atoms with Crippen molar-refractivity contribution in [3.05, 3.63) is 0 Å². The molecule has 2 N–H and O–H groups in total. The van der Waals surface area contributed by atoms with Gasteiger partial charge in [0.15, 0.2) is 0 Å². The first kappa shape index (κ1) is 13.0. The van der Waals surface area contributed by atoms with E-state index in [1.165, 1.54) is 4.90 Å². The number of nitrogens with zero attached hydrogens (tertiary/aromatic N) is 1. The molecule has 5 heteroatoms. The summed E-state index contributed by atoms with van der Waals surface area (Å²) in [5, 5.41) is 12.2. The molecule has 2 unspecified atom stereocenters. The Labute approximate surface area is 95.8 Å². The number of rotatable bonds is 4. The fraction of sp³-hybridized carbons (Fsp3) is 0.818. The molecule has 0 spiro atoms. The van der Waals surface area contributed by atoms with Crippen molar-refractivity contribution in [3.8, 4) is 0 Å². The van der Waals surface area contributed by atoms with Gasteiger partial charge in [0.1, 0.15) is 6.04 Å². The van der Waals surface area contributed by atoms with Gasteiger partial charge in [-0.2, -0.15) is 0 Å².